The Bertz CT molecular complexity index is 1240. The SMILES string of the molecule is CCOc1ccc(N(C(=O)CCc2ccc3c(c2)OCCO3)c2nc3ccccc3s2)cc1. The number of carbonyl (C=O) groups is 1. The molecule has 0 fully saturated rings. The molecule has 0 saturated heterocycles. The molecular weight excluding hydrogens is 436 g/mol. The maximum absolute atomic E-state index is 13.5. The number of hydrogen-bond donors (Lipinski definition) is 0. The van der Waals surface area contributed by atoms with Gasteiger partial charge in [0.15, 0.2) is 16.6 Å². The fourth-order valence-electron chi connectivity index (χ4n) is 3.78. The van der Waals surface area contributed by atoms with E-state index in [4.69, 9.17) is 19.2 Å². The van der Waals surface area contributed by atoms with Crippen molar-refractivity contribution < 1.29 is 19.0 Å². The molecule has 4 aromatic rings. The van der Waals surface area contributed by atoms with Crippen molar-refractivity contribution >= 4 is 38.3 Å². The number of nitrogens with zero attached hydrogens (tertiary/aromatic N) is 2. The highest BCUT2D eigenvalue weighted by molar-refractivity contribution is 7.22. The number of anilines is 2. The fraction of sp³-hybridized carbons (Fsp3) is 0.231. The van der Waals surface area contributed by atoms with Gasteiger partial charge in [0.05, 0.1) is 22.5 Å². The van der Waals surface area contributed by atoms with E-state index in [0.717, 1.165) is 38.7 Å². The number of carbonyl (C=O) groups excluding carboxylic acids is 1. The number of rotatable bonds is 7. The van der Waals surface area contributed by atoms with Gasteiger partial charge in [-0.05, 0) is 67.4 Å². The standard InChI is InChI=1S/C26H24N2O4S/c1-2-30-20-11-9-19(10-12-20)28(26-27-21-5-3-4-6-24(21)33-26)25(29)14-8-18-7-13-22-23(17-18)32-16-15-31-22/h3-7,9-13,17H,2,8,14-16H2,1H3. The van der Waals surface area contributed by atoms with E-state index in [1.54, 1.807) is 4.90 Å². The summed E-state index contributed by atoms with van der Waals surface area (Å²) < 4.78 is 17.9. The molecule has 0 radical (unpaired) electrons. The first-order valence-electron chi connectivity index (χ1n) is 11.0. The highest BCUT2D eigenvalue weighted by Gasteiger charge is 2.22. The highest BCUT2D eigenvalue weighted by atomic mass is 32.1. The number of fused-ring (bicyclic) bond motifs is 2. The molecule has 3 aromatic carbocycles. The molecule has 1 aliphatic rings. The Labute approximate surface area is 196 Å². The maximum atomic E-state index is 13.5. The van der Waals surface area contributed by atoms with Gasteiger partial charge < -0.3 is 14.2 Å². The van der Waals surface area contributed by atoms with Crippen LogP contribution in [0.1, 0.15) is 18.9 Å². The molecule has 0 atom stereocenters. The van der Waals surface area contributed by atoms with Gasteiger partial charge in [0.25, 0.3) is 0 Å². The molecule has 33 heavy (non-hydrogen) atoms. The van der Waals surface area contributed by atoms with Crippen LogP contribution in [0.25, 0.3) is 10.2 Å². The van der Waals surface area contributed by atoms with Crippen LogP contribution in [0.15, 0.2) is 66.7 Å². The Hall–Kier alpha value is -3.58. The Kier molecular flexibility index (Phi) is 6.13. The number of amides is 1. The van der Waals surface area contributed by atoms with Crippen molar-refractivity contribution in [2.24, 2.45) is 0 Å². The number of benzene rings is 3. The van der Waals surface area contributed by atoms with Gasteiger partial charge in [-0.25, -0.2) is 4.98 Å². The van der Waals surface area contributed by atoms with Crippen LogP contribution in [0.4, 0.5) is 10.8 Å². The Morgan fingerprint density at radius 1 is 1.03 bits per heavy atom. The second-order valence-electron chi connectivity index (χ2n) is 7.60. The summed E-state index contributed by atoms with van der Waals surface area (Å²) in [6.45, 7) is 3.64. The summed E-state index contributed by atoms with van der Waals surface area (Å²) in [5.41, 5.74) is 2.68. The zero-order valence-electron chi connectivity index (χ0n) is 18.3. The van der Waals surface area contributed by atoms with Crippen LogP contribution < -0.4 is 19.1 Å². The van der Waals surface area contributed by atoms with Crippen LogP contribution in [-0.2, 0) is 11.2 Å². The van der Waals surface area contributed by atoms with E-state index in [1.807, 2.05) is 73.7 Å². The number of aromatic nitrogens is 1. The zero-order valence-corrected chi connectivity index (χ0v) is 19.1. The van der Waals surface area contributed by atoms with E-state index >= 15 is 0 Å². The van der Waals surface area contributed by atoms with Crippen molar-refractivity contribution in [1.82, 2.24) is 4.98 Å². The molecule has 0 saturated carbocycles. The highest BCUT2D eigenvalue weighted by Crippen LogP contribution is 2.35. The molecule has 2 heterocycles. The van der Waals surface area contributed by atoms with Crippen LogP contribution in [0.5, 0.6) is 17.2 Å². The third-order valence-electron chi connectivity index (χ3n) is 5.36. The molecule has 1 aromatic heterocycles. The normalized spacial score (nSPS) is 12.5. The van der Waals surface area contributed by atoms with Crippen molar-refractivity contribution in [3.8, 4) is 17.2 Å². The third kappa shape index (κ3) is 4.64. The molecular formula is C26H24N2O4S. The summed E-state index contributed by atoms with van der Waals surface area (Å²) in [7, 11) is 0. The second kappa shape index (κ2) is 9.50. The topological polar surface area (TPSA) is 60.9 Å². The van der Waals surface area contributed by atoms with Gasteiger partial charge >= 0.3 is 0 Å². The van der Waals surface area contributed by atoms with E-state index in [0.29, 0.717) is 37.8 Å². The van der Waals surface area contributed by atoms with Gasteiger partial charge in [0.1, 0.15) is 19.0 Å². The summed E-state index contributed by atoms with van der Waals surface area (Å²) >= 11 is 1.51. The number of para-hydroxylation sites is 1. The lowest BCUT2D eigenvalue weighted by Gasteiger charge is -2.21. The largest absolute Gasteiger partial charge is 0.494 e. The Morgan fingerprint density at radius 2 is 1.82 bits per heavy atom. The third-order valence-corrected chi connectivity index (χ3v) is 6.38. The van der Waals surface area contributed by atoms with E-state index in [-0.39, 0.29) is 5.91 Å². The molecule has 0 spiro atoms. The zero-order chi connectivity index (χ0) is 22.6. The van der Waals surface area contributed by atoms with Crippen LogP contribution in [0.2, 0.25) is 0 Å². The quantitative estimate of drug-likeness (QED) is 0.351. The molecule has 0 bridgehead atoms. The van der Waals surface area contributed by atoms with E-state index < -0.39 is 0 Å². The van der Waals surface area contributed by atoms with Gasteiger partial charge in [-0.1, -0.05) is 29.5 Å². The summed E-state index contributed by atoms with van der Waals surface area (Å²) in [4.78, 5) is 19.9. The predicted octanol–water partition coefficient (Wildman–Crippen LogP) is 5.76. The molecule has 0 aliphatic carbocycles. The van der Waals surface area contributed by atoms with Crippen molar-refractivity contribution in [2.45, 2.75) is 19.8 Å². The lowest BCUT2D eigenvalue weighted by atomic mass is 10.1. The minimum atomic E-state index is -0.0203. The maximum Gasteiger partial charge on any atom is 0.233 e. The van der Waals surface area contributed by atoms with Crippen molar-refractivity contribution in [1.29, 1.82) is 0 Å². The number of aryl methyl sites for hydroxylation is 1. The van der Waals surface area contributed by atoms with Gasteiger partial charge in [-0.2, -0.15) is 0 Å². The Balaban J connectivity index is 1.41. The summed E-state index contributed by atoms with van der Waals surface area (Å²) in [6, 6.07) is 21.3. The molecule has 1 amide bonds. The fourth-order valence-corrected chi connectivity index (χ4v) is 4.79. The molecule has 7 heteroatoms. The van der Waals surface area contributed by atoms with Crippen LogP contribution in [-0.4, -0.2) is 30.7 Å². The first-order chi connectivity index (χ1) is 16.2. The van der Waals surface area contributed by atoms with Crippen molar-refractivity contribution in [2.75, 3.05) is 24.7 Å². The molecule has 6 nitrogen and oxygen atoms in total. The van der Waals surface area contributed by atoms with Crippen molar-refractivity contribution in [3.05, 3.63) is 72.3 Å². The minimum absolute atomic E-state index is 0.0203. The lowest BCUT2D eigenvalue weighted by Crippen LogP contribution is -2.26. The minimum Gasteiger partial charge on any atom is -0.494 e. The van der Waals surface area contributed by atoms with Crippen molar-refractivity contribution in [3.63, 3.8) is 0 Å². The van der Waals surface area contributed by atoms with Gasteiger partial charge in [0, 0.05) is 6.42 Å². The number of thiazole rings is 1. The summed E-state index contributed by atoms with van der Waals surface area (Å²) in [6.07, 6.45) is 0.927. The summed E-state index contributed by atoms with van der Waals surface area (Å²) in [5.74, 6) is 2.24. The monoisotopic (exact) mass is 460 g/mol. The molecule has 1 aliphatic heterocycles. The first kappa shape index (κ1) is 21.3. The number of ether oxygens (including phenoxy) is 3. The smallest absolute Gasteiger partial charge is 0.233 e. The first-order valence-corrected chi connectivity index (χ1v) is 11.8. The number of hydrogen-bond acceptors (Lipinski definition) is 6. The summed E-state index contributed by atoms with van der Waals surface area (Å²) in [5, 5.41) is 0.660. The molecule has 0 N–H and O–H groups in total. The lowest BCUT2D eigenvalue weighted by molar-refractivity contribution is -0.117. The van der Waals surface area contributed by atoms with Crippen LogP contribution in [0, 0.1) is 0 Å². The average molecular weight is 461 g/mol. The molecule has 168 valence electrons. The average Bonchev–Trinajstić information content (AvgIpc) is 3.27. The molecule has 0 unspecified atom stereocenters. The predicted molar refractivity (Wildman–Crippen MR) is 130 cm³/mol. The van der Waals surface area contributed by atoms with Crippen LogP contribution in [0.3, 0.4) is 0 Å². The van der Waals surface area contributed by atoms with Gasteiger partial charge in [0.2, 0.25) is 5.91 Å². The van der Waals surface area contributed by atoms with Crippen LogP contribution >= 0.6 is 11.3 Å². The molecule has 5 rings (SSSR count). The van der Waals surface area contributed by atoms with E-state index in [9.17, 15) is 4.79 Å². The van der Waals surface area contributed by atoms with Gasteiger partial charge in [-0.15, -0.1) is 0 Å². The van der Waals surface area contributed by atoms with Gasteiger partial charge in [-0.3, -0.25) is 9.69 Å². The second-order valence-corrected chi connectivity index (χ2v) is 8.61. The van der Waals surface area contributed by atoms with E-state index in [1.165, 1.54) is 11.3 Å². The Morgan fingerprint density at radius 3 is 2.61 bits per heavy atom. The van der Waals surface area contributed by atoms with E-state index in [2.05, 4.69) is 0 Å².